The van der Waals surface area contributed by atoms with Gasteiger partial charge in [0, 0.05) is 17.6 Å². The molecule has 0 bridgehead atoms. The molecule has 1 saturated heterocycles. The van der Waals surface area contributed by atoms with E-state index in [1.807, 2.05) is 0 Å². The first kappa shape index (κ1) is 13.3. The van der Waals surface area contributed by atoms with Crippen LogP contribution < -0.4 is 10.6 Å². The van der Waals surface area contributed by atoms with E-state index in [1.165, 1.54) is 31.0 Å². The van der Waals surface area contributed by atoms with Gasteiger partial charge < -0.3 is 10.6 Å². The molecule has 1 atom stereocenters. The summed E-state index contributed by atoms with van der Waals surface area (Å²) in [6, 6.07) is 4.26. The van der Waals surface area contributed by atoms with Crippen molar-refractivity contribution in [1.82, 2.24) is 10.6 Å². The summed E-state index contributed by atoms with van der Waals surface area (Å²) in [6.07, 6.45) is 3.38. The minimum absolute atomic E-state index is 0.00157. The Hall–Kier alpha value is -1.13. The second-order valence-corrected chi connectivity index (χ2v) is 4.92. The van der Waals surface area contributed by atoms with Crippen molar-refractivity contribution in [2.75, 3.05) is 13.1 Å². The fraction of sp³-hybridized carbons (Fsp3) is 0.462. The highest BCUT2D eigenvalue weighted by Crippen LogP contribution is 2.15. The maximum absolute atomic E-state index is 13.5. The van der Waals surface area contributed by atoms with Gasteiger partial charge in [0.15, 0.2) is 0 Å². The third-order valence-corrected chi connectivity index (χ3v) is 3.33. The normalized spacial score (nSPS) is 19.6. The zero-order valence-electron chi connectivity index (χ0n) is 10.0. The third kappa shape index (κ3) is 3.43. The number of halogens is 2. The third-order valence-electron chi connectivity index (χ3n) is 3.09. The molecule has 1 amide bonds. The molecule has 0 saturated carbocycles. The average Bonchev–Trinajstić information content (AvgIpc) is 2.40. The van der Waals surface area contributed by atoms with Crippen LogP contribution in [0.1, 0.15) is 29.6 Å². The van der Waals surface area contributed by atoms with Gasteiger partial charge in [-0.2, -0.15) is 0 Å². The molecule has 18 heavy (non-hydrogen) atoms. The summed E-state index contributed by atoms with van der Waals surface area (Å²) in [6.45, 7) is 1.50. The number of rotatable bonds is 3. The summed E-state index contributed by atoms with van der Waals surface area (Å²) in [7, 11) is 0. The number of carbonyl (C=O) groups is 1. The molecule has 1 aromatic rings. The lowest BCUT2D eigenvalue weighted by Crippen LogP contribution is -2.43. The van der Waals surface area contributed by atoms with Crippen molar-refractivity contribution in [2.24, 2.45) is 0 Å². The standard InChI is InChI=1S/C13H16ClFN2O/c14-9-4-5-12(15)11(7-9)13(18)17-8-10-3-1-2-6-16-10/h4-5,7,10,16H,1-3,6,8H2,(H,17,18). The number of hydrogen-bond acceptors (Lipinski definition) is 2. The molecule has 1 fully saturated rings. The largest absolute Gasteiger partial charge is 0.350 e. The van der Waals surface area contributed by atoms with Gasteiger partial charge in [-0.3, -0.25) is 4.79 Å². The van der Waals surface area contributed by atoms with Crippen LogP contribution in [0.3, 0.4) is 0 Å². The predicted molar refractivity (Wildman–Crippen MR) is 69.4 cm³/mol. The number of carbonyl (C=O) groups excluding carboxylic acids is 1. The molecule has 0 spiro atoms. The lowest BCUT2D eigenvalue weighted by Gasteiger charge is -2.23. The number of benzene rings is 1. The average molecular weight is 271 g/mol. The molecular formula is C13H16ClFN2O. The smallest absolute Gasteiger partial charge is 0.254 e. The van der Waals surface area contributed by atoms with Gasteiger partial charge in [-0.15, -0.1) is 0 Å². The zero-order valence-corrected chi connectivity index (χ0v) is 10.8. The van der Waals surface area contributed by atoms with Crippen LogP contribution >= 0.6 is 11.6 Å². The number of hydrogen-bond donors (Lipinski definition) is 2. The number of piperidine rings is 1. The highest BCUT2D eigenvalue weighted by Gasteiger charge is 2.16. The van der Waals surface area contributed by atoms with Gasteiger partial charge in [0.1, 0.15) is 5.82 Å². The van der Waals surface area contributed by atoms with Crippen molar-refractivity contribution >= 4 is 17.5 Å². The van der Waals surface area contributed by atoms with Crippen molar-refractivity contribution in [3.63, 3.8) is 0 Å². The van der Waals surface area contributed by atoms with E-state index in [0.717, 1.165) is 13.0 Å². The van der Waals surface area contributed by atoms with Crippen LogP contribution in [0.4, 0.5) is 4.39 Å². The van der Waals surface area contributed by atoms with Gasteiger partial charge in [0.2, 0.25) is 0 Å². The molecule has 1 aliphatic heterocycles. The van der Waals surface area contributed by atoms with E-state index in [1.54, 1.807) is 0 Å². The molecule has 1 heterocycles. The number of amides is 1. The van der Waals surface area contributed by atoms with E-state index in [9.17, 15) is 9.18 Å². The summed E-state index contributed by atoms with van der Waals surface area (Å²) >= 11 is 5.75. The van der Waals surface area contributed by atoms with Gasteiger partial charge in [0.25, 0.3) is 5.91 Å². The summed E-state index contributed by atoms with van der Waals surface area (Å²) in [5.41, 5.74) is -0.00157. The summed E-state index contributed by atoms with van der Waals surface area (Å²) in [4.78, 5) is 11.8. The minimum Gasteiger partial charge on any atom is -0.350 e. The van der Waals surface area contributed by atoms with Gasteiger partial charge in [-0.25, -0.2) is 4.39 Å². The Bertz CT molecular complexity index is 433. The molecule has 0 aromatic heterocycles. The molecule has 1 unspecified atom stereocenters. The lowest BCUT2D eigenvalue weighted by molar-refractivity contribution is 0.0943. The molecule has 0 radical (unpaired) electrons. The topological polar surface area (TPSA) is 41.1 Å². The molecule has 0 aliphatic carbocycles. The fourth-order valence-corrected chi connectivity index (χ4v) is 2.25. The first-order chi connectivity index (χ1) is 8.66. The zero-order chi connectivity index (χ0) is 13.0. The van der Waals surface area contributed by atoms with Crippen LogP contribution in [-0.4, -0.2) is 25.0 Å². The van der Waals surface area contributed by atoms with Gasteiger partial charge in [-0.1, -0.05) is 18.0 Å². The molecule has 2 N–H and O–H groups in total. The monoisotopic (exact) mass is 270 g/mol. The van der Waals surface area contributed by atoms with Crippen molar-refractivity contribution in [2.45, 2.75) is 25.3 Å². The predicted octanol–water partition coefficient (Wildman–Crippen LogP) is 2.35. The van der Waals surface area contributed by atoms with Crippen molar-refractivity contribution in [3.05, 3.63) is 34.6 Å². The Morgan fingerprint density at radius 2 is 2.33 bits per heavy atom. The molecule has 1 aromatic carbocycles. The summed E-state index contributed by atoms with van der Waals surface area (Å²) < 4.78 is 13.5. The molecule has 3 nitrogen and oxygen atoms in total. The van der Waals surface area contributed by atoms with Crippen molar-refractivity contribution in [3.8, 4) is 0 Å². The molecule has 1 aliphatic rings. The van der Waals surface area contributed by atoms with Crippen LogP contribution in [0.15, 0.2) is 18.2 Å². The van der Waals surface area contributed by atoms with E-state index in [2.05, 4.69) is 10.6 Å². The second kappa shape index (κ2) is 6.16. The Balaban J connectivity index is 1.92. The van der Waals surface area contributed by atoms with Crippen LogP contribution in [0, 0.1) is 5.82 Å². The Morgan fingerprint density at radius 1 is 1.50 bits per heavy atom. The van der Waals surface area contributed by atoms with Crippen molar-refractivity contribution < 1.29 is 9.18 Å². The van der Waals surface area contributed by atoms with Gasteiger partial charge in [-0.05, 0) is 37.6 Å². The highest BCUT2D eigenvalue weighted by atomic mass is 35.5. The Morgan fingerprint density at radius 3 is 3.06 bits per heavy atom. The first-order valence-corrected chi connectivity index (χ1v) is 6.51. The van der Waals surface area contributed by atoms with Gasteiger partial charge >= 0.3 is 0 Å². The lowest BCUT2D eigenvalue weighted by atomic mass is 10.0. The fourth-order valence-electron chi connectivity index (χ4n) is 2.08. The van der Waals surface area contributed by atoms with E-state index in [0.29, 0.717) is 11.6 Å². The van der Waals surface area contributed by atoms with Crippen molar-refractivity contribution in [1.29, 1.82) is 0 Å². The van der Waals surface area contributed by atoms with E-state index in [4.69, 9.17) is 11.6 Å². The summed E-state index contributed by atoms with van der Waals surface area (Å²) in [5, 5.41) is 6.41. The molecular weight excluding hydrogens is 255 g/mol. The van der Waals surface area contributed by atoms with E-state index >= 15 is 0 Å². The number of nitrogens with one attached hydrogen (secondary N) is 2. The first-order valence-electron chi connectivity index (χ1n) is 6.13. The Kier molecular flexibility index (Phi) is 4.55. The quantitative estimate of drug-likeness (QED) is 0.885. The summed E-state index contributed by atoms with van der Waals surface area (Å²) in [5.74, 6) is -0.962. The van der Waals surface area contributed by atoms with Crippen LogP contribution in [0.5, 0.6) is 0 Å². The van der Waals surface area contributed by atoms with E-state index < -0.39 is 11.7 Å². The Labute approximate surface area is 111 Å². The molecule has 5 heteroatoms. The maximum atomic E-state index is 13.5. The maximum Gasteiger partial charge on any atom is 0.254 e. The van der Waals surface area contributed by atoms with Gasteiger partial charge in [0.05, 0.1) is 5.56 Å². The van der Waals surface area contributed by atoms with Crippen LogP contribution in [-0.2, 0) is 0 Å². The van der Waals surface area contributed by atoms with E-state index in [-0.39, 0.29) is 11.6 Å². The molecule has 98 valence electrons. The minimum atomic E-state index is -0.548. The SMILES string of the molecule is O=C(NCC1CCCCN1)c1cc(Cl)ccc1F. The molecule has 2 rings (SSSR count). The second-order valence-electron chi connectivity index (χ2n) is 4.48. The van der Waals surface area contributed by atoms with Crippen LogP contribution in [0.2, 0.25) is 5.02 Å². The highest BCUT2D eigenvalue weighted by molar-refractivity contribution is 6.30. The van der Waals surface area contributed by atoms with Crippen LogP contribution in [0.25, 0.3) is 0 Å².